The molecule has 1 aliphatic heterocycles. The molecular weight excluding hydrogens is 410 g/mol. The summed E-state index contributed by atoms with van der Waals surface area (Å²) in [7, 11) is 0.242. The van der Waals surface area contributed by atoms with Crippen molar-refractivity contribution in [3.8, 4) is 22.8 Å². The van der Waals surface area contributed by atoms with E-state index in [-0.39, 0.29) is 0 Å². The molecule has 0 bridgehead atoms. The third-order valence-corrected chi connectivity index (χ3v) is 10.7. The fraction of sp³-hybridized carbons (Fsp3) is 0.179. The third kappa shape index (κ3) is 2.50. The number of ether oxygens (including phenoxy) is 1. The number of hydrogen-bond donors (Lipinski definition) is 0. The Labute approximate surface area is 188 Å². The van der Waals surface area contributed by atoms with Crippen LogP contribution in [0.3, 0.4) is 0 Å². The molecule has 0 saturated carbocycles. The van der Waals surface area contributed by atoms with Crippen LogP contribution in [0, 0.1) is 13.8 Å². The SMILES string of the molecule is Cc1c2c(c(C)c3occc13)Oc1cc([Si](C)(C)c3ccccc3)cc3cc[n+](C)c-2c13. The normalized spacial score (nSPS) is 12.8. The molecule has 4 heteroatoms. The highest BCUT2D eigenvalue weighted by atomic mass is 28.3. The Hall–Kier alpha value is -3.37. The molecule has 0 N–H and O–H groups in total. The summed E-state index contributed by atoms with van der Waals surface area (Å²) in [5, 5.41) is 6.38. The smallest absolute Gasteiger partial charge is 0.228 e. The lowest BCUT2D eigenvalue weighted by atomic mass is 9.92. The van der Waals surface area contributed by atoms with E-state index in [1.807, 2.05) is 0 Å². The van der Waals surface area contributed by atoms with Gasteiger partial charge < -0.3 is 9.15 Å². The van der Waals surface area contributed by atoms with E-state index in [2.05, 4.69) is 99.4 Å². The Bertz CT molecular complexity index is 1550. The highest BCUT2D eigenvalue weighted by Crippen LogP contribution is 2.50. The topological polar surface area (TPSA) is 26.2 Å². The molecule has 0 atom stereocenters. The first-order chi connectivity index (χ1) is 15.4. The van der Waals surface area contributed by atoms with Crippen molar-refractivity contribution in [2.45, 2.75) is 26.9 Å². The molecule has 32 heavy (non-hydrogen) atoms. The number of hydrogen-bond acceptors (Lipinski definition) is 2. The van der Waals surface area contributed by atoms with E-state index in [0.29, 0.717) is 0 Å². The van der Waals surface area contributed by atoms with Gasteiger partial charge >= 0.3 is 0 Å². The number of fused-ring (bicyclic) bond motifs is 3. The second-order valence-corrected chi connectivity index (χ2v) is 13.8. The summed E-state index contributed by atoms with van der Waals surface area (Å²) in [5.41, 5.74) is 5.55. The van der Waals surface area contributed by atoms with Crippen LogP contribution >= 0.6 is 0 Å². The average molecular weight is 437 g/mol. The first-order valence-electron chi connectivity index (χ1n) is 11.1. The lowest BCUT2D eigenvalue weighted by molar-refractivity contribution is -0.659. The molecule has 0 radical (unpaired) electrons. The highest BCUT2D eigenvalue weighted by molar-refractivity contribution is 7.00. The maximum absolute atomic E-state index is 6.71. The summed E-state index contributed by atoms with van der Waals surface area (Å²) >= 11 is 0. The van der Waals surface area contributed by atoms with E-state index in [1.54, 1.807) is 6.26 Å². The van der Waals surface area contributed by atoms with Crippen molar-refractivity contribution in [2.24, 2.45) is 7.05 Å². The van der Waals surface area contributed by atoms with Crippen LogP contribution in [-0.4, -0.2) is 8.07 Å². The fourth-order valence-corrected chi connectivity index (χ4v) is 7.61. The van der Waals surface area contributed by atoms with Crippen LogP contribution in [0.1, 0.15) is 11.1 Å². The number of furan rings is 1. The summed E-state index contributed by atoms with van der Waals surface area (Å²) in [4.78, 5) is 0. The molecule has 0 saturated heterocycles. The Balaban J connectivity index is 1.68. The largest absolute Gasteiger partial charge is 0.464 e. The van der Waals surface area contributed by atoms with Crippen LogP contribution in [-0.2, 0) is 7.05 Å². The molecule has 0 amide bonds. The van der Waals surface area contributed by atoms with E-state index < -0.39 is 8.07 Å². The molecule has 3 heterocycles. The molecular formula is C28H26NO2Si+. The zero-order chi connectivity index (χ0) is 22.2. The van der Waals surface area contributed by atoms with E-state index in [0.717, 1.165) is 28.0 Å². The van der Waals surface area contributed by atoms with Gasteiger partial charge in [-0.3, -0.25) is 0 Å². The number of pyridine rings is 1. The van der Waals surface area contributed by atoms with Gasteiger partial charge in [-0.2, -0.15) is 0 Å². The molecule has 5 aromatic rings. The number of aryl methyl sites for hydroxylation is 3. The molecule has 2 aromatic heterocycles. The van der Waals surface area contributed by atoms with Gasteiger partial charge in [-0.05, 0) is 36.9 Å². The zero-order valence-electron chi connectivity index (χ0n) is 19.1. The van der Waals surface area contributed by atoms with Crippen molar-refractivity contribution < 1.29 is 13.7 Å². The van der Waals surface area contributed by atoms with Crippen LogP contribution in [0.5, 0.6) is 11.5 Å². The standard InChI is InChI=1S/C28H26NO2Si/c1-17-22-12-14-30-27(22)18(2)28-24(17)26-25-19(11-13-29(26)3)15-21(16-23(25)31-28)32(4,5)20-9-7-6-8-10-20/h6-16H,1-5H3/q+1. The minimum Gasteiger partial charge on any atom is -0.464 e. The van der Waals surface area contributed by atoms with Crippen molar-refractivity contribution in [1.29, 1.82) is 0 Å². The van der Waals surface area contributed by atoms with Crippen LogP contribution in [0.15, 0.2) is 71.5 Å². The van der Waals surface area contributed by atoms with E-state index >= 15 is 0 Å². The fourth-order valence-electron chi connectivity index (χ4n) is 5.24. The highest BCUT2D eigenvalue weighted by Gasteiger charge is 2.35. The lowest BCUT2D eigenvalue weighted by Gasteiger charge is -2.27. The van der Waals surface area contributed by atoms with Gasteiger partial charge in [-0.1, -0.05) is 59.9 Å². The summed E-state index contributed by atoms with van der Waals surface area (Å²) < 4.78 is 14.8. The molecule has 3 aromatic carbocycles. The molecule has 0 aliphatic carbocycles. The number of rotatable bonds is 2. The maximum atomic E-state index is 6.71. The predicted octanol–water partition coefficient (Wildman–Crippen LogP) is 5.62. The van der Waals surface area contributed by atoms with Gasteiger partial charge in [0, 0.05) is 17.0 Å². The van der Waals surface area contributed by atoms with Crippen molar-refractivity contribution >= 4 is 40.2 Å². The van der Waals surface area contributed by atoms with E-state index in [4.69, 9.17) is 9.15 Å². The van der Waals surface area contributed by atoms with Crippen molar-refractivity contribution in [3.05, 3.63) is 78.2 Å². The number of nitrogens with zero attached hydrogens (tertiary/aromatic N) is 1. The average Bonchev–Trinajstić information content (AvgIpc) is 3.30. The minimum atomic E-state index is -1.88. The Kier molecular flexibility index (Phi) is 3.96. The first-order valence-corrected chi connectivity index (χ1v) is 14.1. The zero-order valence-corrected chi connectivity index (χ0v) is 20.1. The van der Waals surface area contributed by atoms with Gasteiger partial charge in [0.05, 0.1) is 17.2 Å². The van der Waals surface area contributed by atoms with Crippen LogP contribution < -0.4 is 19.7 Å². The maximum Gasteiger partial charge on any atom is 0.228 e. The molecule has 3 nitrogen and oxygen atoms in total. The monoisotopic (exact) mass is 436 g/mol. The summed E-state index contributed by atoms with van der Waals surface area (Å²) in [5.74, 6) is 1.86. The van der Waals surface area contributed by atoms with Crippen molar-refractivity contribution in [1.82, 2.24) is 0 Å². The summed E-state index contributed by atoms with van der Waals surface area (Å²) in [6.45, 7) is 9.10. The third-order valence-electron chi connectivity index (χ3n) is 7.22. The Morgan fingerprint density at radius 3 is 2.44 bits per heavy atom. The van der Waals surface area contributed by atoms with Crippen LogP contribution in [0.4, 0.5) is 0 Å². The van der Waals surface area contributed by atoms with Gasteiger partial charge in [0.25, 0.3) is 0 Å². The molecule has 0 unspecified atom stereocenters. The quantitative estimate of drug-likeness (QED) is 0.260. The minimum absolute atomic E-state index is 0.912. The molecule has 0 fully saturated rings. The van der Waals surface area contributed by atoms with E-state index in [1.165, 1.54) is 38.0 Å². The Morgan fingerprint density at radius 1 is 0.875 bits per heavy atom. The molecule has 0 spiro atoms. The summed E-state index contributed by atoms with van der Waals surface area (Å²) in [6, 6.07) is 19.8. The number of benzene rings is 3. The van der Waals surface area contributed by atoms with Gasteiger partial charge in [0.2, 0.25) is 5.69 Å². The van der Waals surface area contributed by atoms with Gasteiger partial charge in [0.1, 0.15) is 32.2 Å². The van der Waals surface area contributed by atoms with Crippen molar-refractivity contribution in [2.75, 3.05) is 0 Å². The Morgan fingerprint density at radius 2 is 1.66 bits per heavy atom. The van der Waals surface area contributed by atoms with Gasteiger partial charge in [-0.25, -0.2) is 4.57 Å². The van der Waals surface area contributed by atoms with Gasteiger partial charge in [-0.15, -0.1) is 0 Å². The van der Waals surface area contributed by atoms with E-state index in [9.17, 15) is 0 Å². The van der Waals surface area contributed by atoms with Crippen molar-refractivity contribution in [3.63, 3.8) is 0 Å². The first kappa shape index (κ1) is 19.3. The number of aromatic nitrogens is 1. The molecule has 6 rings (SSSR count). The predicted molar refractivity (Wildman–Crippen MR) is 133 cm³/mol. The van der Waals surface area contributed by atoms with Crippen LogP contribution in [0.2, 0.25) is 13.1 Å². The lowest BCUT2D eigenvalue weighted by Crippen LogP contribution is -2.52. The molecule has 1 aliphatic rings. The van der Waals surface area contributed by atoms with Gasteiger partial charge in [0.15, 0.2) is 6.20 Å². The van der Waals surface area contributed by atoms with Crippen LogP contribution in [0.25, 0.3) is 33.0 Å². The molecule has 158 valence electrons. The summed E-state index contributed by atoms with van der Waals surface area (Å²) in [6.07, 6.45) is 3.95. The second-order valence-electron chi connectivity index (χ2n) is 9.42. The second kappa shape index (κ2) is 6.56.